The number of carbonyl (C=O) groups is 1. The Morgan fingerprint density at radius 1 is 1.53 bits per heavy atom. The Labute approximate surface area is 97.2 Å². The summed E-state index contributed by atoms with van der Waals surface area (Å²) in [5, 5.41) is 2.08. The van der Waals surface area contributed by atoms with E-state index in [0.717, 1.165) is 0 Å². The van der Waals surface area contributed by atoms with Crippen molar-refractivity contribution in [1.82, 2.24) is 10.3 Å². The summed E-state index contributed by atoms with van der Waals surface area (Å²) in [7, 11) is 0. The number of alkyl halides is 2. The Morgan fingerprint density at radius 3 is 2.94 bits per heavy atom. The molecule has 1 aromatic rings. The first-order valence-electron chi connectivity index (χ1n) is 4.84. The molecule has 0 aliphatic carbocycles. The maximum Gasteiger partial charge on any atom is 0.255 e. The highest BCUT2D eigenvalue weighted by Gasteiger charge is 2.09. The second-order valence-electron chi connectivity index (χ2n) is 3.07. The molecule has 17 heavy (non-hydrogen) atoms. The third kappa shape index (κ3) is 4.57. The van der Waals surface area contributed by atoms with E-state index >= 15 is 0 Å². The number of aromatic nitrogens is 1. The molecule has 0 fully saturated rings. The van der Waals surface area contributed by atoms with E-state index in [9.17, 15) is 13.6 Å². The number of nitrogens with one attached hydrogen (secondary N) is 1. The molecule has 6 heteroatoms. The van der Waals surface area contributed by atoms with Crippen LogP contribution in [0, 0.1) is 11.8 Å². The highest BCUT2D eigenvalue weighted by Crippen LogP contribution is 2.01. The van der Waals surface area contributed by atoms with Gasteiger partial charge in [0.2, 0.25) is 0 Å². The molecule has 3 N–H and O–H groups in total. The standard InChI is InChI=1S/C11H11F2N3O/c12-10(13)7-16-11(17)9-4-8(2-1-3-14)5-15-6-9/h4-6,10H,3,7,14H2,(H,16,17). The van der Waals surface area contributed by atoms with Crippen molar-refractivity contribution in [3.63, 3.8) is 0 Å². The molecule has 0 aromatic carbocycles. The van der Waals surface area contributed by atoms with Crippen LogP contribution in [0.15, 0.2) is 18.5 Å². The van der Waals surface area contributed by atoms with Crippen LogP contribution in [0.1, 0.15) is 15.9 Å². The fraction of sp³-hybridized carbons (Fsp3) is 0.273. The summed E-state index contributed by atoms with van der Waals surface area (Å²) in [5.74, 6) is 4.70. The number of pyridine rings is 1. The molecule has 0 unspecified atom stereocenters. The van der Waals surface area contributed by atoms with E-state index < -0.39 is 18.9 Å². The zero-order valence-electron chi connectivity index (χ0n) is 8.91. The van der Waals surface area contributed by atoms with Gasteiger partial charge in [0.05, 0.1) is 18.7 Å². The van der Waals surface area contributed by atoms with Gasteiger partial charge in [-0.2, -0.15) is 0 Å². The Hall–Kier alpha value is -2.00. The molecule has 0 radical (unpaired) electrons. The molecule has 4 nitrogen and oxygen atoms in total. The molecule has 0 aliphatic rings. The number of hydrogen-bond donors (Lipinski definition) is 2. The largest absolute Gasteiger partial charge is 0.346 e. The molecule has 0 saturated carbocycles. The quantitative estimate of drug-likeness (QED) is 0.750. The van der Waals surface area contributed by atoms with E-state index in [2.05, 4.69) is 22.1 Å². The van der Waals surface area contributed by atoms with E-state index in [-0.39, 0.29) is 12.1 Å². The molecular formula is C11H11F2N3O. The monoisotopic (exact) mass is 239 g/mol. The Morgan fingerprint density at radius 2 is 2.29 bits per heavy atom. The van der Waals surface area contributed by atoms with E-state index in [0.29, 0.717) is 5.56 Å². The average molecular weight is 239 g/mol. The lowest BCUT2D eigenvalue weighted by Gasteiger charge is -2.03. The number of nitrogens with two attached hydrogens (primary N) is 1. The SMILES string of the molecule is NCC#Cc1cncc(C(=O)NCC(F)F)c1. The number of halogens is 2. The summed E-state index contributed by atoms with van der Waals surface area (Å²) in [6.07, 6.45) is 0.174. The lowest BCUT2D eigenvalue weighted by atomic mass is 10.2. The lowest BCUT2D eigenvalue weighted by Crippen LogP contribution is -2.28. The second-order valence-corrected chi connectivity index (χ2v) is 3.07. The van der Waals surface area contributed by atoms with Gasteiger partial charge in [0.1, 0.15) is 0 Å². The Balaban J connectivity index is 2.74. The van der Waals surface area contributed by atoms with Gasteiger partial charge in [0.15, 0.2) is 0 Å². The molecule has 1 rings (SSSR count). The molecule has 0 spiro atoms. The zero-order valence-corrected chi connectivity index (χ0v) is 8.91. The summed E-state index contributed by atoms with van der Waals surface area (Å²) >= 11 is 0. The highest BCUT2D eigenvalue weighted by atomic mass is 19.3. The van der Waals surface area contributed by atoms with E-state index in [1.165, 1.54) is 18.5 Å². The molecule has 0 saturated heterocycles. The number of rotatable bonds is 3. The number of carbonyl (C=O) groups excluding carboxylic acids is 1. The van der Waals surface area contributed by atoms with Crippen molar-refractivity contribution >= 4 is 5.91 Å². The first-order chi connectivity index (χ1) is 8.13. The van der Waals surface area contributed by atoms with Gasteiger partial charge in [-0.25, -0.2) is 8.78 Å². The minimum Gasteiger partial charge on any atom is -0.346 e. The van der Waals surface area contributed by atoms with Crippen LogP contribution in [0.4, 0.5) is 8.78 Å². The molecule has 0 atom stereocenters. The van der Waals surface area contributed by atoms with E-state index in [1.807, 2.05) is 0 Å². The third-order valence-corrected chi connectivity index (χ3v) is 1.75. The number of amides is 1. The van der Waals surface area contributed by atoms with Crippen LogP contribution in [0.5, 0.6) is 0 Å². The number of nitrogens with zero attached hydrogens (tertiary/aromatic N) is 1. The van der Waals surface area contributed by atoms with E-state index in [1.54, 1.807) is 0 Å². The summed E-state index contributed by atoms with van der Waals surface area (Å²) in [6.45, 7) is -0.487. The fourth-order valence-electron chi connectivity index (χ4n) is 1.06. The van der Waals surface area contributed by atoms with Gasteiger partial charge in [0.25, 0.3) is 12.3 Å². The number of hydrogen-bond acceptors (Lipinski definition) is 3. The fourth-order valence-corrected chi connectivity index (χ4v) is 1.06. The predicted octanol–water partition coefficient (Wildman–Crippen LogP) is 0.387. The van der Waals surface area contributed by atoms with Gasteiger partial charge in [-0.15, -0.1) is 0 Å². The van der Waals surface area contributed by atoms with Gasteiger partial charge < -0.3 is 11.1 Å². The van der Waals surface area contributed by atoms with Crippen LogP contribution in [-0.4, -0.2) is 30.4 Å². The van der Waals surface area contributed by atoms with Gasteiger partial charge in [-0.1, -0.05) is 11.8 Å². The molecule has 0 bridgehead atoms. The van der Waals surface area contributed by atoms with Crippen LogP contribution in [0.3, 0.4) is 0 Å². The topological polar surface area (TPSA) is 68.0 Å². The smallest absolute Gasteiger partial charge is 0.255 e. The van der Waals surface area contributed by atoms with Gasteiger partial charge in [-0.05, 0) is 6.07 Å². The molecule has 90 valence electrons. The first kappa shape index (κ1) is 13.1. The zero-order chi connectivity index (χ0) is 12.7. The van der Waals surface area contributed by atoms with Crippen molar-refractivity contribution < 1.29 is 13.6 Å². The summed E-state index contributed by atoms with van der Waals surface area (Å²) in [4.78, 5) is 15.2. The molecule has 1 aromatic heterocycles. The third-order valence-electron chi connectivity index (χ3n) is 1.75. The van der Waals surface area contributed by atoms with Crippen LogP contribution in [-0.2, 0) is 0 Å². The van der Waals surface area contributed by atoms with Crippen molar-refractivity contribution in [2.75, 3.05) is 13.1 Å². The molecule has 0 aliphatic heterocycles. The summed E-state index contributed by atoms with van der Waals surface area (Å²) < 4.78 is 23.8. The van der Waals surface area contributed by atoms with Crippen molar-refractivity contribution in [2.45, 2.75) is 6.43 Å². The maximum absolute atomic E-state index is 11.9. The normalized spacial score (nSPS) is 9.65. The van der Waals surface area contributed by atoms with Crippen molar-refractivity contribution in [1.29, 1.82) is 0 Å². The van der Waals surface area contributed by atoms with Gasteiger partial charge >= 0.3 is 0 Å². The van der Waals surface area contributed by atoms with Crippen LogP contribution in [0.2, 0.25) is 0 Å². The highest BCUT2D eigenvalue weighted by molar-refractivity contribution is 5.94. The Kier molecular flexibility index (Phi) is 5.04. The maximum atomic E-state index is 11.9. The van der Waals surface area contributed by atoms with Gasteiger partial charge in [-0.3, -0.25) is 9.78 Å². The average Bonchev–Trinajstić information content (AvgIpc) is 2.33. The van der Waals surface area contributed by atoms with Crippen molar-refractivity contribution in [2.24, 2.45) is 5.73 Å². The second kappa shape index (κ2) is 6.55. The lowest BCUT2D eigenvalue weighted by molar-refractivity contribution is 0.0891. The van der Waals surface area contributed by atoms with Crippen LogP contribution < -0.4 is 11.1 Å². The first-order valence-corrected chi connectivity index (χ1v) is 4.84. The van der Waals surface area contributed by atoms with E-state index in [4.69, 9.17) is 5.73 Å². The molecular weight excluding hydrogens is 228 g/mol. The van der Waals surface area contributed by atoms with Gasteiger partial charge in [0, 0.05) is 18.0 Å². The predicted molar refractivity (Wildman–Crippen MR) is 58.5 cm³/mol. The minimum absolute atomic E-state index is 0.189. The van der Waals surface area contributed by atoms with Crippen molar-refractivity contribution in [3.05, 3.63) is 29.6 Å². The Bertz CT molecular complexity index is 452. The molecule has 1 heterocycles. The van der Waals surface area contributed by atoms with Crippen LogP contribution >= 0.6 is 0 Å². The summed E-state index contributed by atoms with van der Waals surface area (Å²) in [6, 6.07) is 1.47. The van der Waals surface area contributed by atoms with Crippen molar-refractivity contribution in [3.8, 4) is 11.8 Å². The summed E-state index contributed by atoms with van der Waals surface area (Å²) in [5.41, 5.74) is 5.90. The minimum atomic E-state index is -2.58. The van der Waals surface area contributed by atoms with Crippen LogP contribution in [0.25, 0.3) is 0 Å². The molecule has 1 amide bonds.